The molecule has 1 aromatic heterocycles. The lowest BCUT2D eigenvalue weighted by Gasteiger charge is -2.23. The normalized spacial score (nSPS) is 19.0. The quantitative estimate of drug-likeness (QED) is 0.734. The minimum atomic E-state index is -3.09. The van der Waals surface area contributed by atoms with Gasteiger partial charge >= 0.3 is 5.97 Å². The Morgan fingerprint density at radius 1 is 1.36 bits per heavy atom. The van der Waals surface area contributed by atoms with Gasteiger partial charge in [-0.05, 0) is 12.5 Å². The number of likely N-dealkylation sites (N-methyl/N-ethyl adjacent to an activating group) is 1. The number of carbonyl (C=O) groups is 2. The van der Waals surface area contributed by atoms with E-state index in [9.17, 15) is 18.0 Å². The summed E-state index contributed by atoms with van der Waals surface area (Å²) >= 11 is 7.42. The molecular formula is C16H16ClNO5S2. The van der Waals surface area contributed by atoms with Crippen LogP contribution < -0.4 is 0 Å². The van der Waals surface area contributed by atoms with Gasteiger partial charge in [-0.3, -0.25) is 4.79 Å². The van der Waals surface area contributed by atoms with Gasteiger partial charge in [-0.25, -0.2) is 13.2 Å². The molecule has 9 heteroatoms. The number of rotatable bonds is 4. The smallest absolute Gasteiger partial charge is 0.350 e. The number of halogens is 1. The van der Waals surface area contributed by atoms with Gasteiger partial charge in [-0.2, -0.15) is 0 Å². The second-order valence-corrected chi connectivity index (χ2v) is 9.54. The maximum atomic E-state index is 12.2. The van der Waals surface area contributed by atoms with Crippen LogP contribution in [0, 0.1) is 0 Å². The van der Waals surface area contributed by atoms with Gasteiger partial charge in [0.25, 0.3) is 5.91 Å². The summed E-state index contributed by atoms with van der Waals surface area (Å²) in [5.74, 6) is -1.07. The van der Waals surface area contributed by atoms with Crippen LogP contribution in [0.2, 0.25) is 5.02 Å². The molecule has 2 aromatic rings. The molecule has 3 rings (SSSR count). The second kappa shape index (κ2) is 6.93. The molecule has 2 heterocycles. The Morgan fingerprint density at radius 3 is 2.72 bits per heavy atom. The van der Waals surface area contributed by atoms with Crippen molar-refractivity contribution in [2.45, 2.75) is 12.5 Å². The minimum Gasteiger partial charge on any atom is -0.451 e. The largest absolute Gasteiger partial charge is 0.451 e. The number of esters is 1. The van der Waals surface area contributed by atoms with Crippen molar-refractivity contribution in [2.75, 3.05) is 25.2 Å². The molecule has 0 radical (unpaired) electrons. The van der Waals surface area contributed by atoms with Crippen LogP contribution in [-0.2, 0) is 19.4 Å². The first-order valence-electron chi connectivity index (χ1n) is 7.59. The Labute approximate surface area is 154 Å². The zero-order valence-corrected chi connectivity index (χ0v) is 15.8. The summed E-state index contributed by atoms with van der Waals surface area (Å²) in [6.45, 7) is -0.448. The van der Waals surface area contributed by atoms with Gasteiger partial charge in [0.2, 0.25) is 0 Å². The molecule has 0 N–H and O–H groups in total. The van der Waals surface area contributed by atoms with E-state index in [1.54, 1.807) is 0 Å². The van der Waals surface area contributed by atoms with Crippen LogP contribution in [0.5, 0.6) is 0 Å². The molecular weight excluding hydrogens is 386 g/mol. The number of sulfone groups is 1. The van der Waals surface area contributed by atoms with Crippen LogP contribution in [0.4, 0.5) is 0 Å². The van der Waals surface area contributed by atoms with Gasteiger partial charge < -0.3 is 9.64 Å². The molecule has 134 valence electrons. The van der Waals surface area contributed by atoms with E-state index in [2.05, 4.69) is 0 Å². The zero-order chi connectivity index (χ0) is 18.2. The summed E-state index contributed by atoms with van der Waals surface area (Å²) in [4.78, 5) is 26.0. The van der Waals surface area contributed by atoms with Crippen molar-refractivity contribution in [3.8, 4) is 0 Å². The van der Waals surface area contributed by atoms with Crippen molar-refractivity contribution < 1.29 is 22.7 Å². The summed E-state index contributed by atoms with van der Waals surface area (Å²) in [5.41, 5.74) is 0. The monoisotopic (exact) mass is 401 g/mol. The summed E-state index contributed by atoms with van der Waals surface area (Å²) in [6.07, 6.45) is 0.403. The molecule has 1 atom stereocenters. The minimum absolute atomic E-state index is 0.0503. The molecule has 1 amide bonds. The Kier molecular flexibility index (Phi) is 5.04. The van der Waals surface area contributed by atoms with E-state index in [0.29, 0.717) is 11.4 Å². The number of carbonyl (C=O) groups excluding carboxylic acids is 2. The number of hydrogen-bond donors (Lipinski definition) is 0. The fraction of sp³-hybridized carbons (Fsp3) is 0.375. The van der Waals surface area contributed by atoms with E-state index in [4.69, 9.17) is 16.3 Å². The van der Waals surface area contributed by atoms with Crippen LogP contribution in [0.25, 0.3) is 10.1 Å². The molecule has 1 aliphatic rings. The van der Waals surface area contributed by atoms with Crippen LogP contribution in [0.3, 0.4) is 0 Å². The van der Waals surface area contributed by atoms with E-state index >= 15 is 0 Å². The highest BCUT2D eigenvalue weighted by atomic mass is 35.5. The summed E-state index contributed by atoms with van der Waals surface area (Å²) in [5, 5.41) is 1.08. The first-order chi connectivity index (χ1) is 11.8. The molecule has 0 saturated carbocycles. The second-order valence-electron chi connectivity index (χ2n) is 5.88. The maximum Gasteiger partial charge on any atom is 0.350 e. The highest BCUT2D eigenvalue weighted by Gasteiger charge is 2.33. The van der Waals surface area contributed by atoms with Gasteiger partial charge in [0.15, 0.2) is 16.4 Å². The summed E-state index contributed by atoms with van der Waals surface area (Å²) < 4.78 is 29.0. The lowest BCUT2D eigenvalue weighted by molar-refractivity contribution is -0.134. The number of nitrogens with zero attached hydrogens (tertiary/aromatic N) is 1. The van der Waals surface area contributed by atoms with Crippen LogP contribution in [-0.4, -0.2) is 56.4 Å². The average Bonchev–Trinajstić information content (AvgIpc) is 3.12. The molecule has 25 heavy (non-hydrogen) atoms. The number of thiophene rings is 1. The average molecular weight is 402 g/mol. The Bertz CT molecular complexity index is 937. The number of hydrogen-bond acceptors (Lipinski definition) is 6. The van der Waals surface area contributed by atoms with Crippen LogP contribution in [0.15, 0.2) is 24.3 Å². The van der Waals surface area contributed by atoms with Crippen molar-refractivity contribution >= 4 is 54.7 Å². The predicted octanol–water partition coefficient (Wildman–Crippen LogP) is 2.36. The van der Waals surface area contributed by atoms with Gasteiger partial charge in [0.05, 0.1) is 16.5 Å². The Balaban J connectivity index is 1.63. The van der Waals surface area contributed by atoms with Crippen molar-refractivity contribution in [2.24, 2.45) is 0 Å². The van der Waals surface area contributed by atoms with Gasteiger partial charge in [0, 0.05) is 23.2 Å². The van der Waals surface area contributed by atoms with Crippen LogP contribution >= 0.6 is 22.9 Å². The van der Waals surface area contributed by atoms with Gasteiger partial charge in [-0.1, -0.05) is 29.8 Å². The van der Waals surface area contributed by atoms with Crippen molar-refractivity contribution in [1.29, 1.82) is 0 Å². The fourth-order valence-electron chi connectivity index (χ4n) is 2.72. The summed E-state index contributed by atoms with van der Waals surface area (Å²) in [7, 11) is -1.56. The highest BCUT2D eigenvalue weighted by molar-refractivity contribution is 7.91. The Hall–Kier alpha value is -1.64. The third-order valence-corrected chi connectivity index (χ3v) is 7.60. The maximum absolute atomic E-state index is 12.2. The van der Waals surface area contributed by atoms with Gasteiger partial charge in [-0.15, -0.1) is 11.3 Å². The van der Waals surface area contributed by atoms with Gasteiger partial charge in [0.1, 0.15) is 4.88 Å². The fourth-order valence-corrected chi connectivity index (χ4v) is 5.90. The molecule has 1 saturated heterocycles. The van der Waals surface area contributed by atoms with Crippen molar-refractivity contribution in [3.05, 3.63) is 34.2 Å². The van der Waals surface area contributed by atoms with E-state index in [1.165, 1.54) is 23.3 Å². The third kappa shape index (κ3) is 3.80. The molecule has 1 fully saturated rings. The van der Waals surface area contributed by atoms with Crippen molar-refractivity contribution in [1.82, 2.24) is 4.90 Å². The molecule has 1 aliphatic heterocycles. The number of fused-ring (bicyclic) bond motifs is 1. The third-order valence-electron chi connectivity index (χ3n) is 4.20. The molecule has 0 spiro atoms. The molecule has 0 unspecified atom stereocenters. The van der Waals surface area contributed by atoms with E-state index in [1.807, 2.05) is 24.3 Å². The molecule has 0 aliphatic carbocycles. The molecule has 1 aromatic carbocycles. The lowest BCUT2D eigenvalue weighted by atomic mass is 10.2. The number of ether oxygens (including phenoxy) is 1. The van der Waals surface area contributed by atoms with Crippen molar-refractivity contribution in [3.63, 3.8) is 0 Å². The number of benzene rings is 1. The topological polar surface area (TPSA) is 80.8 Å². The number of amides is 1. The molecule has 6 nitrogen and oxygen atoms in total. The zero-order valence-electron chi connectivity index (χ0n) is 13.4. The lowest BCUT2D eigenvalue weighted by Crippen LogP contribution is -2.40. The van der Waals surface area contributed by atoms with E-state index < -0.39 is 28.3 Å². The SMILES string of the molecule is CN(C(=O)COC(=O)c1sc2ccccc2c1Cl)[C@H]1CCS(=O)(=O)C1. The Morgan fingerprint density at radius 2 is 2.08 bits per heavy atom. The van der Waals surface area contributed by atoms with Crippen LogP contribution in [0.1, 0.15) is 16.1 Å². The predicted molar refractivity (Wildman–Crippen MR) is 96.9 cm³/mol. The molecule has 0 bridgehead atoms. The van der Waals surface area contributed by atoms with E-state index in [-0.39, 0.29) is 22.4 Å². The highest BCUT2D eigenvalue weighted by Crippen LogP contribution is 2.35. The van der Waals surface area contributed by atoms with E-state index in [0.717, 1.165) is 10.1 Å². The summed E-state index contributed by atoms with van der Waals surface area (Å²) in [6, 6.07) is 6.96. The first-order valence-corrected chi connectivity index (χ1v) is 10.6. The standard InChI is InChI=1S/C16H16ClNO5S2/c1-18(10-6-7-25(21,22)9-10)13(19)8-23-16(20)15-14(17)11-4-2-3-5-12(11)24-15/h2-5,10H,6-9H2,1H3/t10-/m0/s1. The first kappa shape index (κ1) is 18.2.